The predicted molar refractivity (Wildman–Crippen MR) is 138 cm³/mol. The van der Waals surface area contributed by atoms with Crippen molar-refractivity contribution in [3.05, 3.63) is 49.1 Å². The standard InChI is InChI=1S/C23H28N6S4.2HI/c1-28-12-8-10-18(16-28)20-22(26-32-24-20)30-14-6-4-3-5-7-15-31-23-21(25-33-27-23)19-11-9-13-29(2)17-19;;/h8-13,16-17H,3-7,14-15H2,1-2H3;2*1H/q+2;;/p-2. The molecule has 12 heteroatoms. The Bertz CT molecular complexity index is 1080. The third-order valence-corrected chi connectivity index (χ3v) is 8.50. The summed E-state index contributed by atoms with van der Waals surface area (Å²) in [6.07, 6.45) is 14.5. The van der Waals surface area contributed by atoms with Gasteiger partial charge in [-0.1, -0.05) is 19.3 Å². The van der Waals surface area contributed by atoms with Gasteiger partial charge in [0.1, 0.15) is 35.5 Å². The van der Waals surface area contributed by atoms with Gasteiger partial charge in [0.25, 0.3) is 0 Å². The molecule has 0 bridgehead atoms. The fourth-order valence-electron chi connectivity index (χ4n) is 3.43. The van der Waals surface area contributed by atoms with Gasteiger partial charge < -0.3 is 48.0 Å². The summed E-state index contributed by atoms with van der Waals surface area (Å²) in [6, 6.07) is 8.30. The summed E-state index contributed by atoms with van der Waals surface area (Å²) >= 11 is 6.26. The van der Waals surface area contributed by atoms with Gasteiger partial charge in [0.05, 0.1) is 34.6 Å². The number of pyridine rings is 2. The summed E-state index contributed by atoms with van der Waals surface area (Å²) in [4.78, 5) is 0. The molecule has 0 aliphatic carbocycles. The molecule has 0 amide bonds. The Morgan fingerprint density at radius 2 is 1.09 bits per heavy atom. The predicted octanol–water partition coefficient (Wildman–Crippen LogP) is -0.784. The van der Waals surface area contributed by atoms with Crippen molar-refractivity contribution in [2.75, 3.05) is 11.5 Å². The molecule has 0 atom stereocenters. The van der Waals surface area contributed by atoms with E-state index in [0.717, 1.165) is 44.1 Å². The third kappa shape index (κ3) is 9.43. The molecule has 4 rings (SSSR count). The molecule has 0 unspecified atom stereocenters. The quantitative estimate of drug-likeness (QED) is 0.0817. The Balaban J connectivity index is 0.00000216. The highest BCUT2D eigenvalue weighted by molar-refractivity contribution is 7.99. The lowest BCUT2D eigenvalue weighted by atomic mass is 10.2. The molecule has 188 valence electrons. The first-order valence-electron chi connectivity index (χ1n) is 11.0. The van der Waals surface area contributed by atoms with E-state index in [1.165, 1.54) is 55.6 Å². The van der Waals surface area contributed by atoms with Crippen LogP contribution >= 0.6 is 47.0 Å². The molecule has 0 saturated heterocycles. The van der Waals surface area contributed by atoms with Gasteiger partial charge in [0.2, 0.25) is 0 Å². The molecule has 0 fully saturated rings. The van der Waals surface area contributed by atoms with E-state index < -0.39 is 0 Å². The Morgan fingerprint density at radius 3 is 1.51 bits per heavy atom. The molecule has 4 aromatic rings. The average molecular weight is 771 g/mol. The number of thioether (sulfide) groups is 2. The highest BCUT2D eigenvalue weighted by Crippen LogP contribution is 2.31. The van der Waals surface area contributed by atoms with Gasteiger partial charge in [-0.15, -0.1) is 23.5 Å². The van der Waals surface area contributed by atoms with Crippen LogP contribution in [0.1, 0.15) is 32.1 Å². The fraction of sp³-hybridized carbons (Fsp3) is 0.391. The first kappa shape index (κ1) is 30.8. The first-order valence-corrected chi connectivity index (χ1v) is 14.5. The zero-order valence-corrected chi connectivity index (χ0v) is 27.2. The summed E-state index contributed by atoms with van der Waals surface area (Å²) < 4.78 is 22.1. The number of hydrogen-bond acceptors (Lipinski definition) is 8. The number of unbranched alkanes of at least 4 members (excludes halogenated alkanes) is 4. The van der Waals surface area contributed by atoms with Gasteiger partial charge in [-0.25, -0.2) is 9.13 Å². The van der Waals surface area contributed by atoms with Crippen molar-refractivity contribution in [1.29, 1.82) is 0 Å². The van der Waals surface area contributed by atoms with Crippen LogP contribution < -0.4 is 57.1 Å². The van der Waals surface area contributed by atoms with E-state index in [4.69, 9.17) is 0 Å². The lowest BCUT2D eigenvalue weighted by Gasteiger charge is -2.03. The molecule has 35 heavy (non-hydrogen) atoms. The third-order valence-electron chi connectivity index (χ3n) is 5.11. The van der Waals surface area contributed by atoms with Crippen molar-refractivity contribution in [3.8, 4) is 22.5 Å². The minimum atomic E-state index is 0. The smallest absolute Gasteiger partial charge is 0.178 e. The van der Waals surface area contributed by atoms with E-state index in [1.54, 1.807) is 0 Å². The molecule has 0 aliphatic rings. The van der Waals surface area contributed by atoms with Crippen LogP contribution in [0.15, 0.2) is 59.1 Å². The molecular weight excluding hydrogens is 742 g/mol. The minimum Gasteiger partial charge on any atom is -1.00 e. The second-order valence-electron chi connectivity index (χ2n) is 7.82. The van der Waals surface area contributed by atoms with Crippen LogP contribution in [0.4, 0.5) is 0 Å². The maximum absolute atomic E-state index is 4.51. The average Bonchev–Trinajstić information content (AvgIpc) is 3.47. The number of nitrogens with zero attached hydrogens (tertiary/aromatic N) is 6. The molecule has 0 aliphatic heterocycles. The summed E-state index contributed by atoms with van der Waals surface area (Å²) in [5.41, 5.74) is 4.29. The van der Waals surface area contributed by atoms with E-state index >= 15 is 0 Å². The number of halogens is 2. The Hall–Kier alpha value is -0.420. The van der Waals surface area contributed by atoms with E-state index in [1.807, 2.05) is 50.0 Å². The number of aromatic nitrogens is 6. The van der Waals surface area contributed by atoms with Gasteiger partial charge >= 0.3 is 0 Å². The molecule has 0 saturated carbocycles. The number of hydrogen-bond donors (Lipinski definition) is 0. The topological polar surface area (TPSA) is 59.3 Å². The lowest BCUT2D eigenvalue weighted by Crippen LogP contribution is -3.00. The zero-order valence-electron chi connectivity index (χ0n) is 19.6. The summed E-state index contributed by atoms with van der Waals surface area (Å²) in [7, 11) is 4.06. The molecule has 0 N–H and O–H groups in total. The molecule has 4 heterocycles. The highest BCUT2D eigenvalue weighted by atomic mass is 127. The van der Waals surface area contributed by atoms with Gasteiger partial charge in [-0.05, 0) is 36.5 Å². The van der Waals surface area contributed by atoms with Crippen molar-refractivity contribution in [1.82, 2.24) is 17.5 Å². The molecule has 0 radical (unpaired) electrons. The molecule has 4 aromatic heterocycles. The van der Waals surface area contributed by atoms with E-state index in [0.29, 0.717) is 0 Å². The van der Waals surface area contributed by atoms with Gasteiger partial charge in [-0.2, -0.15) is 17.5 Å². The van der Waals surface area contributed by atoms with Crippen molar-refractivity contribution in [2.24, 2.45) is 14.1 Å². The SMILES string of the molecule is C[n+]1cccc(-c2nsnc2SCCCCCCCSc2nsnc2-c2ccc[n+](C)c2)c1.[I-].[I-]. The second kappa shape index (κ2) is 16.4. The lowest BCUT2D eigenvalue weighted by molar-refractivity contribution is -0.671. The molecule has 0 aromatic carbocycles. The Kier molecular flexibility index (Phi) is 14.5. The van der Waals surface area contributed by atoms with E-state index in [9.17, 15) is 0 Å². The Morgan fingerprint density at radius 1 is 0.657 bits per heavy atom. The van der Waals surface area contributed by atoms with E-state index in [-0.39, 0.29) is 48.0 Å². The van der Waals surface area contributed by atoms with Crippen LogP contribution in [-0.4, -0.2) is 29.0 Å². The van der Waals surface area contributed by atoms with Crippen LogP contribution in [-0.2, 0) is 14.1 Å². The summed E-state index contributed by atoms with van der Waals surface area (Å²) in [5.74, 6) is 2.18. The monoisotopic (exact) mass is 770 g/mol. The van der Waals surface area contributed by atoms with Crippen molar-refractivity contribution in [2.45, 2.75) is 42.2 Å². The normalized spacial score (nSPS) is 10.6. The first-order chi connectivity index (χ1) is 16.2. The van der Waals surface area contributed by atoms with Gasteiger partial charge in [0, 0.05) is 12.1 Å². The molecule has 6 nitrogen and oxygen atoms in total. The maximum Gasteiger partial charge on any atom is 0.178 e. The van der Waals surface area contributed by atoms with Gasteiger partial charge in [-0.3, -0.25) is 0 Å². The van der Waals surface area contributed by atoms with Crippen LogP contribution in [0.5, 0.6) is 0 Å². The Labute approximate surface area is 258 Å². The maximum atomic E-state index is 4.51. The van der Waals surface area contributed by atoms with Crippen molar-refractivity contribution in [3.63, 3.8) is 0 Å². The molecule has 0 spiro atoms. The number of aryl methyl sites for hydroxylation is 2. The summed E-state index contributed by atoms with van der Waals surface area (Å²) in [6.45, 7) is 0. The van der Waals surface area contributed by atoms with Crippen LogP contribution in [0.3, 0.4) is 0 Å². The van der Waals surface area contributed by atoms with E-state index in [2.05, 4.69) is 63.3 Å². The zero-order chi connectivity index (χ0) is 22.9. The highest BCUT2D eigenvalue weighted by Gasteiger charge is 2.14. The molecular formula is C23H28I2N6S4. The van der Waals surface area contributed by atoms with Crippen molar-refractivity contribution < 1.29 is 57.1 Å². The number of rotatable bonds is 12. The van der Waals surface area contributed by atoms with Gasteiger partial charge in [0.15, 0.2) is 24.8 Å². The second-order valence-corrected chi connectivity index (χ2v) is 11.0. The fourth-order valence-corrected chi connectivity index (χ4v) is 6.80. The minimum absolute atomic E-state index is 0. The van der Waals surface area contributed by atoms with Crippen molar-refractivity contribution >= 4 is 47.0 Å². The summed E-state index contributed by atoms with van der Waals surface area (Å²) in [5, 5.41) is 2.12. The van der Waals surface area contributed by atoms with Crippen LogP contribution in [0.25, 0.3) is 22.5 Å². The largest absolute Gasteiger partial charge is 1.00 e. The van der Waals surface area contributed by atoms with Crippen LogP contribution in [0.2, 0.25) is 0 Å². The van der Waals surface area contributed by atoms with Crippen LogP contribution in [0, 0.1) is 0 Å².